The first-order valence-electron chi connectivity index (χ1n) is 6.43. The highest BCUT2D eigenvalue weighted by Gasteiger charge is 2.33. The van der Waals surface area contributed by atoms with E-state index in [4.69, 9.17) is 5.73 Å². The molecule has 8 heteroatoms. The molecule has 2 heterocycles. The number of aromatic amines is 1. The van der Waals surface area contributed by atoms with Crippen molar-refractivity contribution in [3.63, 3.8) is 0 Å². The number of halogens is 3. The highest BCUT2D eigenvalue weighted by atomic mass is 19.4. The molecular formula is C14H12F3N5. The van der Waals surface area contributed by atoms with E-state index in [9.17, 15) is 13.2 Å². The Morgan fingerprint density at radius 1 is 1.18 bits per heavy atom. The predicted octanol–water partition coefficient (Wildman–Crippen LogP) is 2.92. The molecule has 0 aliphatic carbocycles. The van der Waals surface area contributed by atoms with Crippen molar-refractivity contribution in [2.24, 2.45) is 0 Å². The first-order valence-corrected chi connectivity index (χ1v) is 6.43. The third-order valence-electron chi connectivity index (χ3n) is 3.14. The number of aromatic nitrogens is 4. The maximum Gasteiger partial charge on any atom is 0.432 e. The van der Waals surface area contributed by atoms with E-state index in [0.29, 0.717) is 12.1 Å². The van der Waals surface area contributed by atoms with Gasteiger partial charge in [0.25, 0.3) is 0 Å². The molecule has 0 aliphatic heterocycles. The molecule has 3 aromatic rings. The van der Waals surface area contributed by atoms with Gasteiger partial charge in [0.15, 0.2) is 5.82 Å². The standard InChI is InChI=1S/C14H12F3N5/c15-14(16,17)12-6-11(19-20-12)10-8-22(21-13(10)18)7-9-4-2-1-3-5-9/h1-6,8H,7H2,(H2,18,21)(H,19,20). The Morgan fingerprint density at radius 3 is 2.55 bits per heavy atom. The summed E-state index contributed by atoms with van der Waals surface area (Å²) >= 11 is 0. The van der Waals surface area contributed by atoms with Crippen LogP contribution >= 0.6 is 0 Å². The van der Waals surface area contributed by atoms with Crippen molar-refractivity contribution in [3.05, 3.63) is 53.9 Å². The van der Waals surface area contributed by atoms with Gasteiger partial charge in [-0.05, 0) is 11.6 Å². The number of hydrogen-bond acceptors (Lipinski definition) is 3. The minimum atomic E-state index is -4.47. The van der Waals surface area contributed by atoms with E-state index in [2.05, 4.69) is 10.2 Å². The van der Waals surface area contributed by atoms with Crippen LogP contribution in [0.5, 0.6) is 0 Å². The predicted molar refractivity (Wildman–Crippen MR) is 74.8 cm³/mol. The van der Waals surface area contributed by atoms with Gasteiger partial charge in [-0.15, -0.1) is 0 Å². The number of hydrogen-bond donors (Lipinski definition) is 2. The van der Waals surface area contributed by atoms with Crippen molar-refractivity contribution in [3.8, 4) is 11.3 Å². The molecule has 0 unspecified atom stereocenters. The molecule has 0 amide bonds. The molecule has 0 saturated carbocycles. The second-order valence-corrected chi connectivity index (χ2v) is 4.78. The van der Waals surface area contributed by atoms with Gasteiger partial charge in [-0.3, -0.25) is 9.78 Å². The summed E-state index contributed by atoms with van der Waals surface area (Å²) in [5.74, 6) is 0.135. The lowest BCUT2D eigenvalue weighted by molar-refractivity contribution is -0.141. The van der Waals surface area contributed by atoms with Crippen molar-refractivity contribution < 1.29 is 13.2 Å². The molecule has 0 spiro atoms. The Kier molecular flexibility index (Phi) is 3.36. The number of nitrogen functional groups attached to an aromatic ring is 1. The molecule has 5 nitrogen and oxygen atoms in total. The van der Waals surface area contributed by atoms with E-state index in [1.807, 2.05) is 35.4 Å². The summed E-state index contributed by atoms with van der Waals surface area (Å²) in [6.07, 6.45) is -2.89. The Hall–Kier alpha value is -2.77. The average molecular weight is 307 g/mol. The number of nitrogens with zero attached hydrogens (tertiary/aromatic N) is 3. The zero-order valence-corrected chi connectivity index (χ0v) is 11.3. The molecule has 0 bridgehead atoms. The van der Waals surface area contributed by atoms with Crippen molar-refractivity contribution in [1.82, 2.24) is 20.0 Å². The van der Waals surface area contributed by atoms with E-state index in [1.54, 1.807) is 10.9 Å². The Labute approximate surface area is 123 Å². The van der Waals surface area contributed by atoms with E-state index in [-0.39, 0.29) is 11.5 Å². The van der Waals surface area contributed by atoms with Gasteiger partial charge in [-0.25, -0.2) is 0 Å². The van der Waals surface area contributed by atoms with Gasteiger partial charge in [0.1, 0.15) is 5.69 Å². The maximum atomic E-state index is 12.6. The first kappa shape index (κ1) is 14.2. The normalized spacial score (nSPS) is 11.8. The molecule has 0 atom stereocenters. The third kappa shape index (κ3) is 2.80. The number of H-pyrrole nitrogens is 1. The topological polar surface area (TPSA) is 72.5 Å². The van der Waals surface area contributed by atoms with E-state index in [0.717, 1.165) is 11.6 Å². The molecule has 3 N–H and O–H groups in total. The molecule has 2 aromatic heterocycles. The van der Waals surface area contributed by atoms with Crippen LogP contribution in [0, 0.1) is 0 Å². The fourth-order valence-electron chi connectivity index (χ4n) is 2.09. The minimum absolute atomic E-state index is 0.115. The summed E-state index contributed by atoms with van der Waals surface area (Å²) in [4.78, 5) is 0. The van der Waals surface area contributed by atoms with Gasteiger partial charge in [-0.1, -0.05) is 30.3 Å². The first-order chi connectivity index (χ1) is 10.4. The zero-order chi connectivity index (χ0) is 15.7. The summed E-state index contributed by atoms with van der Waals surface area (Å²) in [5.41, 5.74) is 6.35. The summed E-state index contributed by atoms with van der Waals surface area (Å²) in [7, 11) is 0. The molecule has 3 rings (SSSR count). The van der Waals surface area contributed by atoms with E-state index >= 15 is 0 Å². The van der Waals surface area contributed by atoms with Gasteiger partial charge in [0.2, 0.25) is 0 Å². The Balaban J connectivity index is 1.88. The smallest absolute Gasteiger partial charge is 0.382 e. The summed E-state index contributed by atoms with van der Waals surface area (Å²) in [6, 6.07) is 10.5. The van der Waals surface area contributed by atoms with Gasteiger partial charge >= 0.3 is 6.18 Å². The third-order valence-corrected chi connectivity index (χ3v) is 3.14. The number of nitrogens with two attached hydrogens (primary N) is 1. The molecular weight excluding hydrogens is 295 g/mol. The van der Waals surface area contributed by atoms with Crippen LogP contribution in [0.2, 0.25) is 0 Å². The Bertz CT molecular complexity index is 773. The number of anilines is 1. The lowest BCUT2D eigenvalue weighted by atomic mass is 10.2. The minimum Gasteiger partial charge on any atom is -0.382 e. The van der Waals surface area contributed by atoms with Crippen molar-refractivity contribution >= 4 is 5.82 Å². The van der Waals surface area contributed by atoms with Crippen LogP contribution in [-0.4, -0.2) is 20.0 Å². The van der Waals surface area contributed by atoms with Gasteiger partial charge in [-0.2, -0.15) is 23.4 Å². The second-order valence-electron chi connectivity index (χ2n) is 4.78. The molecule has 1 aromatic carbocycles. The number of alkyl halides is 3. The van der Waals surface area contributed by atoms with Gasteiger partial charge in [0, 0.05) is 6.20 Å². The molecule has 0 radical (unpaired) electrons. The van der Waals surface area contributed by atoms with Gasteiger partial charge < -0.3 is 5.73 Å². The summed E-state index contributed by atoms with van der Waals surface area (Å²) in [5, 5.41) is 9.73. The van der Waals surface area contributed by atoms with Crippen molar-refractivity contribution in [2.45, 2.75) is 12.7 Å². The second kappa shape index (κ2) is 5.21. The maximum absolute atomic E-state index is 12.6. The fraction of sp³-hybridized carbons (Fsp3) is 0.143. The zero-order valence-electron chi connectivity index (χ0n) is 11.3. The molecule has 0 fully saturated rings. The number of nitrogens with one attached hydrogen (secondary N) is 1. The highest BCUT2D eigenvalue weighted by Crippen LogP contribution is 2.31. The van der Waals surface area contributed by atoms with Crippen molar-refractivity contribution in [2.75, 3.05) is 5.73 Å². The monoisotopic (exact) mass is 307 g/mol. The van der Waals surface area contributed by atoms with Crippen LogP contribution in [-0.2, 0) is 12.7 Å². The van der Waals surface area contributed by atoms with Crippen LogP contribution in [0.25, 0.3) is 11.3 Å². The van der Waals surface area contributed by atoms with Crippen LogP contribution < -0.4 is 5.73 Å². The van der Waals surface area contributed by atoms with Crippen molar-refractivity contribution in [1.29, 1.82) is 0 Å². The lowest BCUT2D eigenvalue weighted by Gasteiger charge is -2.00. The fourth-order valence-corrected chi connectivity index (χ4v) is 2.09. The lowest BCUT2D eigenvalue weighted by Crippen LogP contribution is -2.04. The Morgan fingerprint density at radius 2 is 1.91 bits per heavy atom. The number of benzene rings is 1. The van der Waals surface area contributed by atoms with Gasteiger partial charge in [0.05, 0.1) is 17.8 Å². The quantitative estimate of drug-likeness (QED) is 0.781. The van der Waals surface area contributed by atoms with Crippen LogP contribution in [0.3, 0.4) is 0 Å². The average Bonchev–Trinajstić information content (AvgIpc) is 3.06. The molecule has 0 saturated heterocycles. The summed E-state index contributed by atoms with van der Waals surface area (Å²) in [6.45, 7) is 0.474. The van der Waals surface area contributed by atoms with E-state index < -0.39 is 11.9 Å². The number of rotatable bonds is 3. The van der Waals surface area contributed by atoms with Crippen LogP contribution in [0.4, 0.5) is 19.0 Å². The highest BCUT2D eigenvalue weighted by molar-refractivity contribution is 5.70. The summed E-state index contributed by atoms with van der Waals surface area (Å²) < 4.78 is 39.3. The SMILES string of the molecule is Nc1nn(Cc2ccccc2)cc1-c1cc(C(F)(F)F)[nH]n1. The molecule has 0 aliphatic rings. The van der Waals surface area contributed by atoms with E-state index in [1.165, 1.54) is 0 Å². The van der Waals surface area contributed by atoms with Crippen LogP contribution in [0.1, 0.15) is 11.3 Å². The van der Waals surface area contributed by atoms with Crippen LogP contribution in [0.15, 0.2) is 42.6 Å². The molecule has 114 valence electrons. The largest absolute Gasteiger partial charge is 0.432 e. The molecule has 22 heavy (non-hydrogen) atoms.